The predicted octanol–water partition coefficient (Wildman–Crippen LogP) is 2.06. The monoisotopic (exact) mass is 215 g/mol. The third-order valence-electron chi connectivity index (χ3n) is 2.48. The molecule has 1 unspecified atom stereocenters. The SMILES string of the molecule is Nc1ccccc1C(O)c1cccc(O)c1. The summed E-state index contributed by atoms with van der Waals surface area (Å²) >= 11 is 0. The van der Waals surface area contributed by atoms with E-state index in [2.05, 4.69) is 0 Å². The van der Waals surface area contributed by atoms with Gasteiger partial charge in [0.25, 0.3) is 0 Å². The Morgan fingerprint density at radius 3 is 2.44 bits per heavy atom. The van der Waals surface area contributed by atoms with Crippen LogP contribution in [0.1, 0.15) is 17.2 Å². The van der Waals surface area contributed by atoms with Gasteiger partial charge < -0.3 is 15.9 Å². The molecule has 0 saturated carbocycles. The highest BCUT2D eigenvalue weighted by atomic mass is 16.3. The summed E-state index contributed by atoms with van der Waals surface area (Å²) in [5, 5.41) is 19.4. The van der Waals surface area contributed by atoms with Gasteiger partial charge in [-0.3, -0.25) is 0 Å². The first-order chi connectivity index (χ1) is 7.68. The Hall–Kier alpha value is -2.00. The summed E-state index contributed by atoms with van der Waals surface area (Å²) in [4.78, 5) is 0. The van der Waals surface area contributed by atoms with Crippen molar-refractivity contribution in [3.8, 4) is 5.75 Å². The van der Waals surface area contributed by atoms with Crippen LogP contribution in [0.3, 0.4) is 0 Å². The lowest BCUT2D eigenvalue weighted by atomic mass is 10.00. The topological polar surface area (TPSA) is 66.5 Å². The predicted molar refractivity (Wildman–Crippen MR) is 63.0 cm³/mol. The molecule has 82 valence electrons. The first-order valence-corrected chi connectivity index (χ1v) is 5.00. The number of para-hydroxylation sites is 1. The summed E-state index contributed by atoms with van der Waals surface area (Å²) in [6.45, 7) is 0. The molecule has 0 spiro atoms. The van der Waals surface area contributed by atoms with Gasteiger partial charge in [-0.2, -0.15) is 0 Å². The number of hydrogen-bond donors (Lipinski definition) is 3. The molecule has 0 heterocycles. The number of benzene rings is 2. The van der Waals surface area contributed by atoms with Crippen LogP contribution in [0, 0.1) is 0 Å². The van der Waals surface area contributed by atoms with E-state index in [1.807, 2.05) is 12.1 Å². The van der Waals surface area contributed by atoms with Crippen LogP contribution in [0.4, 0.5) is 5.69 Å². The number of anilines is 1. The van der Waals surface area contributed by atoms with E-state index in [1.165, 1.54) is 6.07 Å². The normalized spacial score (nSPS) is 12.3. The van der Waals surface area contributed by atoms with E-state index in [0.717, 1.165) is 0 Å². The molecule has 0 aromatic heterocycles. The van der Waals surface area contributed by atoms with E-state index in [-0.39, 0.29) is 5.75 Å². The Kier molecular flexibility index (Phi) is 2.79. The van der Waals surface area contributed by atoms with Gasteiger partial charge in [0, 0.05) is 11.3 Å². The van der Waals surface area contributed by atoms with E-state index in [9.17, 15) is 10.2 Å². The molecule has 0 saturated heterocycles. The van der Waals surface area contributed by atoms with Crippen molar-refractivity contribution in [3.63, 3.8) is 0 Å². The molecule has 2 aromatic carbocycles. The van der Waals surface area contributed by atoms with Crippen molar-refractivity contribution < 1.29 is 10.2 Å². The number of aromatic hydroxyl groups is 1. The molecule has 0 radical (unpaired) electrons. The number of rotatable bonds is 2. The van der Waals surface area contributed by atoms with Crippen LogP contribution in [0.5, 0.6) is 5.75 Å². The first-order valence-electron chi connectivity index (χ1n) is 5.00. The third kappa shape index (κ3) is 1.99. The smallest absolute Gasteiger partial charge is 0.115 e. The molecule has 2 aromatic rings. The minimum atomic E-state index is -0.812. The zero-order valence-electron chi connectivity index (χ0n) is 8.67. The van der Waals surface area contributed by atoms with Gasteiger partial charge >= 0.3 is 0 Å². The molecule has 3 nitrogen and oxygen atoms in total. The lowest BCUT2D eigenvalue weighted by Crippen LogP contribution is -2.03. The number of nitrogens with two attached hydrogens (primary N) is 1. The van der Waals surface area contributed by atoms with Crippen LogP contribution in [-0.2, 0) is 0 Å². The second-order valence-electron chi connectivity index (χ2n) is 3.63. The Bertz CT molecular complexity index is 497. The van der Waals surface area contributed by atoms with Gasteiger partial charge in [-0.05, 0) is 23.8 Å². The molecule has 2 rings (SSSR count). The summed E-state index contributed by atoms with van der Waals surface area (Å²) in [6, 6.07) is 13.7. The van der Waals surface area contributed by atoms with Gasteiger partial charge in [0.15, 0.2) is 0 Å². The number of phenols is 1. The molecule has 0 amide bonds. The maximum atomic E-state index is 10.1. The zero-order chi connectivity index (χ0) is 11.5. The van der Waals surface area contributed by atoms with Gasteiger partial charge in [-0.15, -0.1) is 0 Å². The maximum absolute atomic E-state index is 10.1. The Morgan fingerprint density at radius 2 is 1.75 bits per heavy atom. The Balaban J connectivity index is 2.39. The van der Waals surface area contributed by atoms with Gasteiger partial charge in [0.1, 0.15) is 11.9 Å². The zero-order valence-corrected chi connectivity index (χ0v) is 8.67. The van der Waals surface area contributed by atoms with E-state index in [1.54, 1.807) is 30.3 Å². The van der Waals surface area contributed by atoms with Crippen molar-refractivity contribution in [1.29, 1.82) is 0 Å². The molecular weight excluding hydrogens is 202 g/mol. The summed E-state index contributed by atoms with van der Waals surface area (Å²) in [6.07, 6.45) is -0.812. The number of nitrogen functional groups attached to an aromatic ring is 1. The molecule has 0 aliphatic carbocycles. The molecule has 16 heavy (non-hydrogen) atoms. The lowest BCUT2D eigenvalue weighted by Gasteiger charge is -2.13. The maximum Gasteiger partial charge on any atom is 0.115 e. The van der Waals surface area contributed by atoms with E-state index in [0.29, 0.717) is 16.8 Å². The highest BCUT2D eigenvalue weighted by molar-refractivity contribution is 5.50. The van der Waals surface area contributed by atoms with Crippen LogP contribution in [-0.4, -0.2) is 10.2 Å². The number of hydrogen-bond acceptors (Lipinski definition) is 3. The van der Waals surface area contributed by atoms with Gasteiger partial charge in [-0.1, -0.05) is 30.3 Å². The van der Waals surface area contributed by atoms with Crippen LogP contribution >= 0.6 is 0 Å². The standard InChI is InChI=1S/C13H13NO2/c14-12-7-2-1-6-11(12)13(16)9-4-3-5-10(15)8-9/h1-8,13,15-16H,14H2. The van der Waals surface area contributed by atoms with Crippen molar-refractivity contribution in [2.45, 2.75) is 6.10 Å². The highest BCUT2D eigenvalue weighted by Gasteiger charge is 2.12. The van der Waals surface area contributed by atoms with Crippen molar-refractivity contribution in [2.24, 2.45) is 0 Å². The minimum Gasteiger partial charge on any atom is -0.508 e. The summed E-state index contributed by atoms with van der Waals surface area (Å²) in [5.41, 5.74) is 7.58. The average Bonchev–Trinajstić information content (AvgIpc) is 2.29. The molecular formula is C13H13NO2. The minimum absolute atomic E-state index is 0.131. The highest BCUT2D eigenvalue weighted by Crippen LogP contribution is 2.27. The number of phenolic OH excluding ortho intramolecular Hbond substituents is 1. The molecule has 3 heteroatoms. The van der Waals surface area contributed by atoms with Crippen LogP contribution in [0.2, 0.25) is 0 Å². The molecule has 1 atom stereocenters. The quantitative estimate of drug-likeness (QED) is 0.672. The van der Waals surface area contributed by atoms with Crippen LogP contribution < -0.4 is 5.73 Å². The lowest BCUT2D eigenvalue weighted by molar-refractivity contribution is 0.220. The fourth-order valence-electron chi connectivity index (χ4n) is 1.63. The van der Waals surface area contributed by atoms with Crippen LogP contribution in [0.15, 0.2) is 48.5 Å². The van der Waals surface area contributed by atoms with E-state index >= 15 is 0 Å². The van der Waals surface area contributed by atoms with Crippen LogP contribution in [0.25, 0.3) is 0 Å². The average molecular weight is 215 g/mol. The summed E-state index contributed by atoms with van der Waals surface area (Å²) < 4.78 is 0. The fraction of sp³-hybridized carbons (Fsp3) is 0.0769. The molecule has 0 fully saturated rings. The second kappa shape index (κ2) is 4.24. The molecule has 0 aliphatic rings. The second-order valence-corrected chi connectivity index (χ2v) is 3.63. The molecule has 0 bridgehead atoms. The summed E-state index contributed by atoms with van der Waals surface area (Å²) in [5.74, 6) is 0.131. The van der Waals surface area contributed by atoms with Crippen molar-refractivity contribution in [3.05, 3.63) is 59.7 Å². The molecule has 4 N–H and O–H groups in total. The van der Waals surface area contributed by atoms with Gasteiger partial charge in [-0.25, -0.2) is 0 Å². The molecule has 0 aliphatic heterocycles. The van der Waals surface area contributed by atoms with E-state index in [4.69, 9.17) is 5.73 Å². The largest absolute Gasteiger partial charge is 0.508 e. The van der Waals surface area contributed by atoms with E-state index < -0.39 is 6.10 Å². The Labute approximate surface area is 93.8 Å². The summed E-state index contributed by atoms with van der Waals surface area (Å²) in [7, 11) is 0. The van der Waals surface area contributed by atoms with Crippen molar-refractivity contribution in [2.75, 3.05) is 5.73 Å². The number of aliphatic hydroxyl groups is 1. The third-order valence-corrected chi connectivity index (χ3v) is 2.48. The van der Waals surface area contributed by atoms with Crippen molar-refractivity contribution in [1.82, 2.24) is 0 Å². The number of aliphatic hydroxyl groups excluding tert-OH is 1. The first kappa shape index (κ1) is 10.5. The van der Waals surface area contributed by atoms with Gasteiger partial charge in [0.2, 0.25) is 0 Å². The Morgan fingerprint density at radius 1 is 1.00 bits per heavy atom. The van der Waals surface area contributed by atoms with Gasteiger partial charge in [0.05, 0.1) is 0 Å². The fourth-order valence-corrected chi connectivity index (χ4v) is 1.63. The van der Waals surface area contributed by atoms with Crippen molar-refractivity contribution >= 4 is 5.69 Å².